The Balaban J connectivity index is 1.45. The first kappa shape index (κ1) is 23.7. The predicted molar refractivity (Wildman–Crippen MR) is 179 cm³/mol. The van der Waals surface area contributed by atoms with Gasteiger partial charge in [0.15, 0.2) is 0 Å². The van der Waals surface area contributed by atoms with Crippen molar-refractivity contribution in [2.45, 2.75) is 0 Å². The molecule has 2 heterocycles. The van der Waals surface area contributed by atoms with Gasteiger partial charge in [-0.15, -0.1) is 0 Å². The van der Waals surface area contributed by atoms with Crippen molar-refractivity contribution in [2.24, 2.45) is 0 Å². The average molecular weight is 546 g/mol. The molecule has 0 radical (unpaired) electrons. The van der Waals surface area contributed by atoms with Crippen LogP contribution in [0.15, 0.2) is 140 Å². The standard InChI is InChI=1S/C40H23N3/c41-24-25-14-21-36-35(22-25)32-18-17-28(23-37(32)43(36)29-10-2-1-3-11-29)38-33-19-15-26-8-4-6-12-30(26)39(33)42-40-31-13-7-5-9-27(31)16-20-34(38)40/h1-23H. The smallest absolute Gasteiger partial charge is 0.0991 e. The van der Waals surface area contributed by atoms with E-state index in [0.717, 1.165) is 65.6 Å². The maximum atomic E-state index is 9.67. The van der Waals surface area contributed by atoms with Gasteiger partial charge in [-0.05, 0) is 52.7 Å². The monoisotopic (exact) mass is 545 g/mol. The van der Waals surface area contributed by atoms with Crippen molar-refractivity contribution in [3.05, 3.63) is 145 Å². The fraction of sp³-hybridized carbons (Fsp3) is 0. The van der Waals surface area contributed by atoms with E-state index in [-0.39, 0.29) is 0 Å². The van der Waals surface area contributed by atoms with Crippen LogP contribution < -0.4 is 0 Å². The highest BCUT2D eigenvalue weighted by atomic mass is 15.0. The van der Waals surface area contributed by atoms with Crippen molar-refractivity contribution >= 4 is 65.2 Å². The van der Waals surface area contributed by atoms with E-state index in [2.05, 4.69) is 132 Å². The zero-order valence-corrected chi connectivity index (χ0v) is 23.1. The minimum Gasteiger partial charge on any atom is -0.309 e. The summed E-state index contributed by atoms with van der Waals surface area (Å²) in [5.74, 6) is 0. The van der Waals surface area contributed by atoms with Gasteiger partial charge in [-0.3, -0.25) is 0 Å². The summed E-state index contributed by atoms with van der Waals surface area (Å²) in [6.45, 7) is 0. The Morgan fingerprint density at radius 1 is 0.488 bits per heavy atom. The topological polar surface area (TPSA) is 41.6 Å². The highest BCUT2D eigenvalue weighted by molar-refractivity contribution is 6.22. The number of nitrogens with zero attached hydrogens (tertiary/aromatic N) is 3. The molecule has 9 rings (SSSR count). The van der Waals surface area contributed by atoms with Gasteiger partial charge in [0, 0.05) is 43.6 Å². The largest absolute Gasteiger partial charge is 0.309 e. The van der Waals surface area contributed by atoms with Crippen LogP contribution in [-0.4, -0.2) is 9.55 Å². The number of hydrogen-bond acceptors (Lipinski definition) is 2. The molecule has 0 amide bonds. The van der Waals surface area contributed by atoms with Crippen LogP contribution in [0, 0.1) is 11.3 Å². The van der Waals surface area contributed by atoms with Crippen LogP contribution in [-0.2, 0) is 0 Å². The Hall–Kier alpha value is -5.98. The van der Waals surface area contributed by atoms with Crippen molar-refractivity contribution in [3.8, 4) is 22.9 Å². The molecule has 2 aromatic heterocycles. The third-order valence-electron chi connectivity index (χ3n) is 8.76. The second kappa shape index (κ2) is 9.01. The third kappa shape index (κ3) is 3.44. The van der Waals surface area contributed by atoms with Crippen molar-refractivity contribution in [2.75, 3.05) is 0 Å². The van der Waals surface area contributed by atoms with E-state index in [9.17, 15) is 5.26 Å². The first-order valence-corrected chi connectivity index (χ1v) is 14.5. The normalized spacial score (nSPS) is 11.7. The second-order valence-corrected chi connectivity index (χ2v) is 11.1. The molecule has 0 aliphatic carbocycles. The lowest BCUT2D eigenvalue weighted by Crippen LogP contribution is -1.94. The molecule has 0 saturated carbocycles. The molecule has 3 nitrogen and oxygen atoms in total. The summed E-state index contributed by atoms with van der Waals surface area (Å²) < 4.78 is 2.31. The molecule has 7 aromatic carbocycles. The van der Waals surface area contributed by atoms with E-state index in [1.165, 1.54) is 16.3 Å². The number of pyridine rings is 1. The van der Waals surface area contributed by atoms with Crippen molar-refractivity contribution in [3.63, 3.8) is 0 Å². The van der Waals surface area contributed by atoms with E-state index in [1.807, 2.05) is 18.2 Å². The minimum atomic E-state index is 0.661. The zero-order valence-electron chi connectivity index (χ0n) is 23.1. The summed E-state index contributed by atoms with van der Waals surface area (Å²) in [5.41, 5.74) is 8.28. The molecule has 0 unspecified atom stereocenters. The third-order valence-corrected chi connectivity index (χ3v) is 8.76. The van der Waals surface area contributed by atoms with Gasteiger partial charge in [0.05, 0.1) is 33.7 Å². The lowest BCUT2D eigenvalue weighted by atomic mass is 9.92. The lowest BCUT2D eigenvalue weighted by Gasteiger charge is -2.15. The fourth-order valence-corrected chi connectivity index (χ4v) is 6.82. The first-order chi connectivity index (χ1) is 21.3. The number of benzene rings is 7. The summed E-state index contributed by atoms with van der Waals surface area (Å²) in [4.78, 5) is 5.37. The Bertz CT molecular complexity index is 2530. The summed E-state index contributed by atoms with van der Waals surface area (Å²) >= 11 is 0. The molecular weight excluding hydrogens is 522 g/mol. The van der Waals surface area contributed by atoms with Crippen molar-refractivity contribution in [1.82, 2.24) is 9.55 Å². The zero-order chi connectivity index (χ0) is 28.5. The van der Waals surface area contributed by atoms with E-state index < -0.39 is 0 Å². The SMILES string of the molecule is N#Cc1ccc2c(c1)c1ccc(-c3c4ccc5ccccc5c4nc4c3ccc3ccccc34)cc1n2-c1ccccc1. The molecule has 198 valence electrons. The number of aromatic nitrogens is 2. The molecule has 0 spiro atoms. The van der Waals surface area contributed by atoms with Gasteiger partial charge in [0.1, 0.15) is 0 Å². The Labute approximate surface area is 247 Å². The van der Waals surface area contributed by atoms with Gasteiger partial charge in [-0.25, -0.2) is 4.98 Å². The molecule has 9 aromatic rings. The molecule has 0 aliphatic rings. The van der Waals surface area contributed by atoms with E-state index in [0.29, 0.717) is 5.56 Å². The summed E-state index contributed by atoms with van der Waals surface area (Å²) in [7, 11) is 0. The van der Waals surface area contributed by atoms with Gasteiger partial charge in [0.25, 0.3) is 0 Å². The maximum absolute atomic E-state index is 9.67. The maximum Gasteiger partial charge on any atom is 0.0991 e. The van der Waals surface area contributed by atoms with E-state index in [4.69, 9.17) is 4.98 Å². The molecule has 0 saturated heterocycles. The predicted octanol–water partition coefficient (Wildman–Crippen LogP) is 10.3. The Morgan fingerprint density at radius 2 is 1.12 bits per heavy atom. The summed E-state index contributed by atoms with van der Waals surface area (Å²) in [6, 6.07) is 51.4. The van der Waals surface area contributed by atoms with Gasteiger partial charge in [-0.2, -0.15) is 5.26 Å². The number of para-hydroxylation sites is 1. The van der Waals surface area contributed by atoms with Crippen LogP contribution in [0.3, 0.4) is 0 Å². The van der Waals surface area contributed by atoms with Gasteiger partial charge >= 0.3 is 0 Å². The van der Waals surface area contributed by atoms with Gasteiger partial charge in [0.2, 0.25) is 0 Å². The highest BCUT2D eigenvalue weighted by Crippen LogP contribution is 2.42. The van der Waals surface area contributed by atoms with Crippen LogP contribution in [0.1, 0.15) is 5.56 Å². The molecule has 0 atom stereocenters. The molecule has 0 N–H and O–H groups in total. The van der Waals surface area contributed by atoms with Gasteiger partial charge in [-0.1, -0.05) is 103 Å². The molecule has 0 aliphatic heterocycles. The van der Waals surface area contributed by atoms with Crippen LogP contribution in [0.5, 0.6) is 0 Å². The number of rotatable bonds is 2. The second-order valence-electron chi connectivity index (χ2n) is 11.1. The summed E-state index contributed by atoms with van der Waals surface area (Å²) in [6.07, 6.45) is 0. The van der Waals surface area contributed by atoms with Gasteiger partial charge < -0.3 is 4.57 Å². The van der Waals surface area contributed by atoms with E-state index in [1.54, 1.807) is 0 Å². The fourth-order valence-electron chi connectivity index (χ4n) is 6.82. The highest BCUT2D eigenvalue weighted by Gasteiger charge is 2.18. The minimum absolute atomic E-state index is 0.661. The van der Waals surface area contributed by atoms with Crippen LogP contribution in [0.25, 0.3) is 82.0 Å². The molecule has 0 bridgehead atoms. The quantitative estimate of drug-likeness (QED) is 0.160. The average Bonchev–Trinajstić information content (AvgIpc) is 3.40. The van der Waals surface area contributed by atoms with Crippen LogP contribution in [0.2, 0.25) is 0 Å². The lowest BCUT2D eigenvalue weighted by molar-refractivity contribution is 1.18. The number of nitriles is 1. The Kier molecular flexibility index (Phi) is 4.97. The van der Waals surface area contributed by atoms with Crippen molar-refractivity contribution < 1.29 is 0 Å². The molecule has 0 fully saturated rings. The summed E-state index contributed by atoms with van der Waals surface area (Å²) in [5, 5.41) is 18.8. The van der Waals surface area contributed by atoms with Crippen molar-refractivity contribution in [1.29, 1.82) is 5.26 Å². The van der Waals surface area contributed by atoms with Crippen LogP contribution in [0.4, 0.5) is 0 Å². The number of hydrogen-bond donors (Lipinski definition) is 0. The Morgan fingerprint density at radius 3 is 1.79 bits per heavy atom. The molecule has 3 heteroatoms. The molecule has 43 heavy (non-hydrogen) atoms. The molecular formula is C40H23N3. The van der Waals surface area contributed by atoms with Crippen LogP contribution >= 0.6 is 0 Å². The first-order valence-electron chi connectivity index (χ1n) is 14.5. The van der Waals surface area contributed by atoms with E-state index >= 15 is 0 Å². The number of fused-ring (bicyclic) bond motifs is 9.